The van der Waals surface area contributed by atoms with Gasteiger partial charge in [-0.1, -0.05) is 6.42 Å². The number of pyridine rings is 1. The average molecular weight is 261 g/mol. The Hall–Kier alpha value is -1.45. The van der Waals surface area contributed by atoms with Gasteiger partial charge in [-0.3, -0.25) is 0 Å². The molecule has 0 aliphatic heterocycles. The molecule has 2 aliphatic carbocycles. The van der Waals surface area contributed by atoms with Gasteiger partial charge in [0.25, 0.3) is 0 Å². The van der Waals surface area contributed by atoms with Crippen molar-refractivity contribution in [2.75, 3.05) is 30.8 Å². The maximum absolute atomic E-state index is 5.93. The first-order valence-electron chi connectivity index (χ1n) is 7.33. The summed E-state index contributed by atoms with van der Waals surface area (Å²) in [5.74, 6) is 3.12. The Bertz CT molecular complexity index is 441. The monoisotopic (exact) mass is 261 g/mol. The second-order valence-corrected chi connectivity index (χ2v) is 6.00. The third-order valence-corrected chi connectivity index (χ3v) is 4.18. The first kappa shape index (κ1) is 12.6. The summed E-state index contributed by atoms with van der Waals surface area (Å²) >= 11 is 0. The maximum atomic E-state index is 5.93. The van der Waals surface area contributed by atoms with Crippen molar-refractivity contribution in [2.24, 2.45) is 11.8 Å². The standard InChI is InChI=1S/C15H23N3O/c1-18(9-11-3-2-4-11)14-8-7-13(16)15(17-14)19-10-12-5-6-12/h7-8,11-12H,2-6,9-10,16H2,1H3. The largest absolute Gasteiger partial charge is 0.476 e. The molecular weight excluding hydrogens is 238 g/mol. The summed E-state index contributed by atoms with van der Waals surface area (Å²) in [5.41, 5.74) is 6.57. The van der Waals surface area contributed by atoms with Gasteiger partial charge >= 0.3 is 0 Å². The Balaban J connectivity index is 1.64. The zero-order valence-corrected chi connectivity index (χ0v) is 11.6. The van der Waals surface area contributed by atoms with Gasteiger partial charge in [0.2, 0.25) is 5.88 Å². The van der Waals surface area contributed by atoms with Gasteiger partial charge in [0, 0.05) is 13.6 Å². The Morgan fingerprint density at radius 3 is 2.68 bits per heavy atom. The Morgan fingerprint density at radius 1 is 1.26 bits per heavy atom. The SMILES string of the molecule is CN(CC1CCC1)c1ccc(N)c(OCC2CC2)n1. The van der Waals surface area contributed by atoms with Crippen LogP contribution in [0.5, 0.6) is 5.88 Å². The van der Waals surface area contributed by atoms with Gasteiger partial charge in [-0.25, -0.2) is 0 Å². The highest BCUT2D eigenvalue weighted by atomic mass is 16.5. The van der Waals surface area contributed by atoms with E-state index in [4.69, 9.17) is 10.5 Å². The van der Waals surface area contributed by atoms with Crippen LogP contribution in [0, 0.1) is 11.8 Å². The van der Waals surface area contributed by atoms with Crippen LogP contribution in [0.4, 0.5) is 11.5 Å². The van der Waals surface area contributed by atoms with Crippen molar-refractivity contribution >= 4 is 11.5 Å². The quantitative estimate of drug-likeness (QED) is 0.855. The molecule has 0 spiro atoms. The van der Waals surface area contributed by atoms with Gasteiger partial charge in [0.05, 0.1) is 12.3 Å². The van der Waals surface area contributed by atoms with Crippen LogP contribution < -0.4 is 15.4 Å². The third kappa shape index (κ3) is 3.11. The number of nitrogen functional groups attached to an aromatic ring is 1. The van der Waals surface area contributed by atoms with E-state index in [0.29, 0.717) is 11.6 Å². The molecule has 0 aromatic carbocycles. The summed E-state index contributed by atoms with van der Waals surface area (Å²) < 4.78 is 5.73. The van der Waals surface area contributed by atoms with Crippen LogP contribution in [0.1, 0.15) is 32.1 Å². The van der Waals surface area contributed by atoms with Crippen LogP contribution in [0.25, 0.3) is 0 Å². The van der Waals surface area contributed by atoms with Gasteiger partial charge in [0.1, 0.15) is 5.82 Å². The number of hydrogen-bond donors (Lipinski definition) is 1. The second-order valence-electron chi connectivity index (χ2n) is 6.00. The van der Waals surface area contributed by atoms with E-state index in [1.165, 1.54) is 32.1 Å². The van der Waals surface area contributed by atoms with Gasteiger partial charge in [0.15, 0.2) is 0 Å². The molecule has 1 aromatic rings. The zero-order chi connectivity index (χ0) is 13.2. The number of ether oxygens (including phenoxy) is 1. The number of rotatable bonds is 6. The van der Waals surface area contributed by atoms with E-state index in [0.717, 1.165) is 30.8 Å². The highest BCUT2D eigenvalue weighted by Crippen LogP contribution is 2.32. The minimum Gasteiger partial charge on any atom is -0.476 e. The molecule has 0 radical (unpaired) electrons. The molecule has 3 rings (SSSR count). The lowest BCUT2D eigenvalue weighted by molar-refractivity contribution is 0.289. The number of nitrogens with two attached hydrogens (primary N) is 1. The van der Waals surface area contributed by atoms with Crippen LogP contribution in [-0.2, 0) is 0 Å². The maximum Gasteiger partial charge on any atom is 0.239 e. The van der Waals surface area contributed by atoms with E-state index in [2.05, 4.69) is 16.9 Å². The van der Waals surface area contributed by atoms with E-state index < -0.39 is 0 Å². The number of hydrogen-bond acceptors (Lipinski definition) is 4. The van der Waals surface area contributed by atoms with Crippen molar-refractivity contribution in [3.63, 3.8) is 0 Å². The lowest BCUT2D eigenvalue weighted by Crippen LogP contribution is -2.29. The van der Waals surface area contributed by atoms with Crippen molar-refractivity contribution < 1.29 is 4.74 Å². The van der Waals surface area contributed by atoms with Gasteiger partial charge < -0.3 is 15.4 Å². The summed E-state index contributed by atoms with van der Waals surface area (Å²) in [6.07, 6.45) is 6.64. The molecule has 2 fully saturated rings. The van der Waals surface area contributed by atoms with E-state index in [1.807, 2.05) is 12.1 Å². The fraction of sp³-hybridized carbons (Fsp3) is 0.667. The molecule has 0 saturated heterocycles. The van der Waals surface area contributed by atoms with E-state index in [1.54, 1.807) is 0 Å². The van der Waals surface area contributed by atoms with Crippen LogP contribution in [0.15, 0.2) is 12.1 Å². The predicted molar refractivity (Wildman–Crippen MR) is 77.5 cm³/mol. The van der Waals surface area contributed by atoms with Crippen molar-refractivity contribution in [2.45, 2.75) is 32.1 Å². The highest BCUT2D eigenvalue weighted by Gasteiger charge is 2.23. The lowest BCUT2D eigenvalue weighted by Gasteiger charge is -2.30. The van der Waals surface area contributed by atoms with Crippen LogP contribution in [0.2, 0.25) is 0 Å². The molecule has 2 saturated carbocycles. The van der Waals surface area contributed by atoms with Crippen molar-refractivity contribution in [1.29, 1.82) is 0 Å². The van der Waals surface area contributed by atoms with Crippen LogP contribution in [-0.4, -0.2) is 25.2 Å². The molecule has 1 aromatic heterocycles. The normalized spacial score (nSPS) is 19.0. The number of aromatic nitrogens is 1. The zero-order valence-electron chi connectivity index (χ0n) is 11.6. The summed E-state index contributed by atoms with van der Waals surface area (Å²) in [4.78, 5) is 6.78. The highest BCUT2D eigenvalue weighted by molar-refractivity contribution is 5.54. The lowest BCUT2D eigenvalue weighted by atomic mass is 9.85. The molecule has 4 heteroatoms. The van der Waals surface area contributed by atoms with E-state index >= 15 is 0 Å². The summed E-state index contributed by atoms with van der Waals surface area (Å²) in [5, 5.41) is 0. The van der Waals surface area contributed by atoms with Crippen molar-refractivity contribution in [3.8, 4) is 5.88 Å². The van der Waals surface area contributed by atoms with E-state index in [9.17, 15) is 0 Å². The van der Waals surface area contributed by atoms with Crippen molar-refractivity contribution in [3.05, 3.63) is 12.1 Å². The molecule has 104 valence electrons. The summed E-state index contributed by atoms with van der Waals surface area (Å²) in [6, 6.07) is 3.89. The van der Waals surface area contributed by atoms with Crippen molar-refractivity contribution in [1.82, 2.24) is 4.98 Å². The molecule has 2 aliphatic rings. The minimum atomic E-state index is 0.602. The first-order valence-corrected chi connectivity index (χ1v) is 7.33. The fourth-order valence-corrected chi connectivity index (χ4v) is 2.41. The fourth-order valence-electron chi connectivity index (χ4n) is 2.41. The molecule has 0 bridgehead atoms. The molecule has 19 heavy (non-hydrogen) atoms. The smallest absolute Gasteiger partial charge is 0.239 e. The topological polar surface area (TPSA) is 51.4 Å². The molecule has 1 heterocycles. The van der Waals surface area contributed by atoms with Gasteiger partial charge in [-0.15, -0.1) is 0 Å². The molecule has 0 atom stereocenters. The minimum absolute atomic E-state index is 0.602. The van der Waals surface area contributed by atoms with Crippen LogP contribution in [0.3, 0.4) is 0 Å². The van der Waals surface area contributed by atoms with Gasteiger partial charge in [-0.05, 0) is 49.7 Å². The first-order chi connectivity index (χ1) is 9.22. The molecular formula is C15H23N3O. The number of anilines is 2. The molecule has 0 unspecified atom stereocenters. The Labute approximate surface area is 115 Å². The number of nitrogens with zero attached hydrogens (tertiary/aromatic N) is 2. The van der Waals surface area contributed by atoms with Gasteiger partial charge in [-0.2, -0.15) is 4.98 Å². The Morgan fingerprint density at radius 2 is 2.05 bits per heavy atom. The molecule has 2 N–H and O–H groups in total. The van der Waals surface area contributed by atoms with Crippen LogP contribution >= 0.6 is 0 Å². The third-order valence-electron chi connectivity index (χ3n) is 4.18. The molecule has 4 nitrogen and oxygen atoms in total. The van der Waals surface area contributed by atoms with E-state index in [-0.39, 0.29) is 0 Å². The second kappa shape index (κ2) is 5.27. The molecule has 0 amide bonds. The summed E-state index contributed by atoms with van der Waals surface area (Å²) in [7, 11) is 2.10. The summed E-state index contributed by atoms with van der Waals surface area (Å²) in [6.45, 7) is 1.84. The predicted octanol–water partition coefficient (Wildman–Crippen LogP) is 2.69. The average Bonchev–Trinajstić information content (AvgIpc) is 3.16. The Kier molecular flexibility index (Phi) is 3.49.